The molecule has 0 unspecified atom stereocenters. The zero-order valence-electron chi connectivity index (χ0n) is 18.6. The van der Waals surface area contributed by atoms with Gasteiger partial charge in [-0.15, -0.1) is 0 Å². The van der Waals surface area contributed by atoms with E-state index < -0.39 is 42.5 Å². The third-order valence-corrected chi connectivity index (χ3v) is 5.86. The Kier molecular flexibility index (Phi) is 8.68. The zero-order chi connectivity index (χ0) is 24.8. The first kappa shape index (κ1) is 25.7. The Balaban J connectivity index is 1.66. The van der Waals surface area contributed by atoms with E-state index in [1.54, 1.807) is 0 Å². The molecule has 0 saturated carbocycles. The van der Waals surface area contributed by atoms with E-state index >= 15 is 0 Å². The van der Waals surface area contributed by atoms with E-state index in [4.69, 9.17) is 26.4 Å². The van der Waals surface area contributed by atoms with Gasteiger partial charge < -0.3 is 41.5 Å². The normalized spacial score (nSPS) is 23.5. The van der Waals surface area contributed by atoms with Gasteiger partial charge in [0.25, 0.3) is 0 Å². The number of anilines is 1. The van der Waals surface area contributed by atoms with Crippen LogP contribution in [0.2, 0.25) is 0 Å². The number of hydrogen-bond acceptors (Lipinski definition) is 11. The molecule has 0 radical (unpaired) electrons. The van der Waals surface area contributed by atoms with Crippen molar-refractivity contribution in [3.05, 3.63) is 12.7 Å². The lowest BCUT2D eigenvalue weighted by Crippen LogP contribution is -2.41. The lowest BCUT2D eigenvalue weighted by atomic mass is 10.1. The molecular weight excluding hydrogens is 450 g/mol. The molecule has 14 heteroatoms. The highest BCUT2D eigenvalue weighted by atomic mass is 16.6. The second-order valence-corrected chi connectivity index (χ2v) is 8.37. The van der Waals surface area contributed by atoms with E-state index in [0.29, 0.717) is 43.5 Å². The number of carbonyl (C=O) groups is 2. The maximum absolute atomic E-state index is 11.0. The molecule has 0 spiro atoms. The minimum atomic E-state index is -1.26. The number of aliphatic hydroxyl groups is 2. The first-order valence-electron chi connectivity index (χ1n) is 11.1. The molecule has 188 valence electrons. The van der Waals surface area contributed by atoms with Crippen LogP contribution in [0, 0.1) is 0 Å². The molecule has 5 atom stereocenters. The van der Waals surface area contributed by atoms with Gasteiger partial charge >= 0.3 is 11.9 Å². The summed E-state index contributed by atoms with van der Waals surface area (Å²) in [7, 11) is 0. The summed E-state index contributed by atoms with van der Waals surface area (Å²) < 4.78 is 7.48. The van der Waals surface area contributed by atoms with E-state index in [9.17, 15) is 19.8 Å². The lowest BCUT2D eigenvalue weighted by Gasteiger charge is -2.27. The van der Waals surface area contributed by atoms with Gasteiger partial charge in [-0.25, -0.2) is 15.0 Å². The van der Waals surface area contributed by atoms with E-state index in [2.05, 4.69) is 15.0 Å². The van der Waals surface area contributed by atoms with Crippen LogP contribution in [0.1, 0.15) is 38.3 Å². The van der Waals surface area contributed by atoms with Crippen LogP contribution in [0.5, 0.6) is 0 Å². The van der Waals surface area contributed by atoms with Crippen LogP contribution in [0.25, 0.3) is 11.2 Å². The molecule has 34 heavy (non-hydrogen) atoms. The van der Waals surface area contributed by atoms with Crippen molar-refractivity contribution in [1.82, 2.24) is 24.4 Å². The summed E-state index contributed by atoms with van der Waals surface area (Å²) in [4.78, 5) is 35.9. The summed E-state index contributed by atoms with van der Waals surface area (Å²) in [5.41, 5.74) is 12.1. The Labute approximate surface area is 195 Å². The van der Waals surface area contributed by atoms with Crippen LogP contribution in [0.15, 0.2) is 12.7 Å². The van der Waals surface area contributed by atoms with Crippen molar-refractivity contribution in [3.8, 4) is 0 Å². The molecule has 14 nitrogen and oxygen atoms in total. The predicted octanol–water partition coefficient (Wildman–Crippen LogP) is -1.22. The number of nitrogen functional groups attached to an aromatic ring is 1. The Morgan fingerprint density at radius 1 is 1.12 bits per heavy atom. The average Bonchev–Trinajstić information content (AvgIpc) is 3.33. The maximum Gasteiger partial charge on any atom is 0.320 e. The molecule has 0 aliphatic carbocycles. The van der Waals surface area contributed by atoms with Gasteiger partial charge in [0.05, 0.1) is 6.33 Å². The van der Waals surface area contributed by atoms with Crippen molar-refractivity contribution < 1.29 is 34.8 Å². The number of carboxylic acid groups (broad SMARTS) is 2. The second-order valence-electron chi connectivity index (χ2n) is 8.37. The fraction of sp³-hybridized carbons (Fsp3) is 0.650. The molecule has 0 aromatic carbocycles. The lowest BCUT2D eigenvalue weighted by molar-refractivity contribution is -0.139. The van der Waals surface area contributed by atoms with Crippen LogP contribution in [0.4, 0.5) is 5.82 Å². The van der Waals surface area contributed by atoms with Crippen molar-refractivity contribution in [2.75, 3.05) is 25.4 Å². The van der Waals surface area contributed by atoms with Crippen LogP contribution in [-0.2, 0) is 14.3 Å². The standard InChI is InChI=1S/C20H31N7O7/c21-11(20(32)33)4-3-7-26(6-2-1-5-13(28)29)8-12-15(30)16(31)19(34-12)27-10-25-14-17(22)23-9-24-18(14)27/h9-12,15-16,19,30-31H,1-8,21H2,(H,28,29)(H,32,33)(H2,22,23,24)/t11-,12-,15-,16-,19-/m1/s1. The molecular formula is C20H31N7O7. The first-order chi connectivity index (χ1) is 16.2. The van der Waals surface area contributed by atoms with E-state index in [1.807, 2.05) is 4.90 Å². The van der Waals surface area contributed by atoms with Crippen molar-refractivity contribution in [2.45, 2.75) is 62.7 Å². The van der Waals surface area contributed by atoms with Gasteiger partial charge in [0.15, 0.2) is 17.7 Å². The summed E-state index contributed by atoms with van der Waals surface area (Å²) in [5, 5.41) is 39.2. The van der Waals surface area contributed by atoms with Gasteiger partial charge in [0, 0.05) is 13.0 Å². The van der Waals surface area contributed by atoms with Gasteiger partial charge in [0.2, 0.25) is 0 Å². The van der Waals surface area contributed by atoms with Gasteiger partial charge in [-0.1, -0.05) is 0 Å². The highest BCUT2D eigenvalue weighted by molar-refractivity contribution is 5.81. The summed E-state index contributed by atoms with van der Waals surface area (Å²) in [6.45, 7) is 1.23. The number of nitrogens with two attached hydrogens (primary N) is 2. The number of carboxylic acids is 2. The number of aliphatic hydroxyl groups excluding tert-OH is 2. The summed E-state index contributed by atoms with van der Waals surface area (Å²) >= 11 is 0. The highest BCUT2D eigenvalue weighted by Crippen LogP contribution is 2.32. The van der Waals surface area contributed by atoms with E-state index in [-0.39, 0.29) is 25.2 Å². The van der Waals surface area contributed by atoms with Crippen molar-refractivity contribution >= 4 is 28.9 Å². The molecule has 8 N–H and O–H groups in total. The monoisotopic (exact) mass is 481 g/mol. The number of fused-ring (bicyclic) bond motifs is 1. The molecule has 3 heterocycles. The molecule has 0 bridgehead atoms. The van der Waals surface area contributed by atoms with E-state index in [1.165, 1.54) is 17.2 Å². The number of aromatic nitrogens is 4. The SMILES string of the molecule is Nc1ncnc2c1ncn2[C@@H]1O[C@H](CN(CCCCC(=O)O)CCC[C@@H](N)C(=O)O)[C@@H](O)[C@H]1O. The Hall–Kier alpha value is -2.91. The first-order valence-corrected chi connectivity index (χ1v) is 11.1. The van der Waals surface area contributed by atoms with Gasteiger partial charge in [0.1, 0.15) is 36.2 Å². The minimum Gasteiger partial charge on any atom is -0.481 e. The molecule has 1 saturated heterocycles. The Bertz CT molecular complexity index is 987. The average molecular weight is 482 g/mol. The number of rotatable bonds is 13. The van der Waals surface area contributed by atoms with Gasteiger partial charge in [-0.05, 0) is 38.8 Å². The topological polar surface area (TPSA) is 223 Å². The minimum absolute atomic E-state index is 0.0414. The van der Waals surface area contributed by atoms with Crippen LogP contribution >= 0.6 is 0 Å². The number of imidazole rings is 1. The molecule has 1 fully saturated rings. The Morgan fingerprint density at radius 2 is 1.85 bits per heavy atom. The maximum atomic E-state index is 11.0. The summed E-state index contributed by atoms with van der Waals surface area (Å²) in [6.07, 6.45) is 0.374. The van der Waals surface area contributed by atoms with E-state index in [0.717, 1.165) is 0 Å². The fourth-order valence-electron chi connectivity index (χ4n) is 3.98. The van der Waals surface area contributed by atoms with Crippen molar-refractivity contribution in [1.29, 1.82) is 0 Å². The third-order valence-electron chi connectivity index (χ3n) is 5.86. The quantitative estimate of drug-likeness (QED) is 0.185. The molecule has 1 aliphatic rings. The largest absolute Gasteiger partial charge is 0.481 e. The summed E-state index contributed by atoms with van der Waals surface area (Å²) in [5.74, 6) is -1.78. The van der Waals surface area contributed by atoms with Crippen molar-refractivity contribution in [2.24, 2.45) is 5.73 Å². The number of unbranched alkanes of at least 4 members (excludes halogenated alkanes) is 1. The summed E-state index contributed by atoms with van der Waals surface area (Å²) in [6, 6.07) is -0.975. The Morgan fingerprint density at radius 3 is 2.56 bits per heavy atom. The smallest absolute Gasteiger partial charge is 0.320 e. The van der Waals surface area contributed by atoms with Gasteiger partial charge in [-0.2, -0.15) is 0 Å². The van der Waals surface area contributed by atoms with Gasteiger partial charge in [-0.3, -0.25) is 14.2 Å². The number of aliphatic carboxylic acids is 2. The molecule has 0 amide bonds. The second kappa shape index (κ2) is 11.5. The zero-order valence-corrected chi connectivity index (χ0v) is 18.6. The number of hydrogen-bond donors (Lipinski definition) is 6. The van der Waals surface area contributed by atoms with Crippen LogP contribution in [0.3, 0.4) is 0 Å². The number of nitrogens with zero attached hydrogens (tertiary/aromatic N) is 5. The predicted molar refractivity (Wildman–Crippen MR) is 118 cm³/mol. The van der Waals surface area contributed by atoms with Crippen LogP contribution in [-0.4, -0.2) is 101 Å². The number of ether oxygens (including phenoxy) is 1. The molecule has 3 rings (SSSR count). The van der Waals surface area contributed by atoms with Crippen molar-refractivity contribution in [3.63, 3.8) is 0 Å². The molecule has 2 aromatic heterocycles. The third kappa shape index (κ3) is 6.15. The van der Waals surface area contributed by atoms with Crippen LogP contribution < -0.4 is 11.5 Å². The highest BCUT2D eigenvalue weighted by Gasteiger charge is 2.44. The fourth-order valence-corrected chi connectivity index (χ4v) is 3.98. The molecule has 1 aliphatic heterocycles. The molecule has 2 aromatic rings.